The minimum absolute atomic E-state index is 0.0419. The van der Waals surface area contributed by atoms with E-state index in [4.69, 9.17) is 5.73 Å². The van der Waals surface area contributed by atoms with Crippen molar-refractivity contribution in [3.05, 3.63) is 5.82 Å². The zero-order valence-corrected chi connectivity index (χ0v) is 8.59. The van der Waals surface area contributed by atoms with E-state index in [1.54, 1.807) is 0 Å². The smallest absolute Gasteiger partial charge is 0.240 e. The van der Waals surface area contributed by atoms with Crippen LogP contribution < -0.4 is 5.73 Å². The third kappa shape index (κ3) is 2.00. The molecule has 0 aromatic carbocycles. The van der Waals surface area contributed by atoms with Gasteiger partial charge in [-0.05, 0) is 12.8 Å². The molecule has 8 nitrogen and oxygen atoms in total. The van der Waals surface area contributed by atoms with Crippen LogP contribution in [0.25, 0.3) is 0 Å². The number of H-pyrrole nitrogens is 1. The number of hydrogen-bond acceptors (Lipinski definition) is 5. The van der Waals surface area contributed by atoms with Crippen molar-refractivity contribution in [2.75, 3.05) is 6.54 Å². The quantitative estimate of drug-likeness (QED) is 0.629. The highest BCUT2D eigenvalue weighted by Gasteiger charge is 2.32. The standard InChI is InChI=1S/C8H12N6O2/c9-8(16)5-2-1-3-14(5)7(15)4-6-10-12-13-11-6/h5H,1-4H2,(H2,9,16)(H,10,11,12,13). The van der Waals surface area contributed by atoms with Crippen LogP contribution in [0.15, 0.2) is 0 Å². The monoisotopic (exact) mass is 224 g/mol. The van der Waals surface area contributed by atoms with E-state index in [0.717, 1.165) is 6.42 Å². The summed E-state index contributed by atoms with van der Waals surface area (Å²) in [6, 6.07) is -0.487. The molecule has 0 bridgehead atoms. The number of aromatic amines is 1. The van der Waals surface area contributed by atoms with Crippen molar-refractivity contribution >= 4 is 11.8 Å². The minimum atomic E-state index is -0.487. The highest BCUT2D eigenvalue weighted by molar-refractivity contribution is 5.87. The van der Waals surface area contributed by atoms with Gasteiger partial charge in [0.15, 0.2) is 5.82 Å². The molecular formula is C8H12N6O2. The van der Waals surface area contributed by atoms with Crippen LogP contribution in [0.4, 0.5) is 0 Å². The van der Waals surface area contributed by atoms with Crippen LogP contribution in [0.5, 0.6) is 0 Å². The van der Waals surface area contributed by atoms with E-state index < -0.39 is 11.9 Å². The average molecular weight is 224 g/mol. The van der Waals surface area contributed by atoms with Gasteiger partial charge in [-0.15, -0.1) is 10.2 Å². The van der Waals surface area contributed by atoms with Crippen molar-refractivity contribution < 1.29 is 9.59 Å². The maximum atomic E-state index is 11.8. The molecule has 1 aliphatic rings. The first-order chi connectivity index (χ1) is 7.68. The van der Waals surface area contributed by atoms with Crippen LogP contribution in [0.3, 0.4) is 0 Å². The van der Waals surface area contributed by atoms with Gasteiger partial charge in [-0.25, -0.2) is 0 Å². The Morgan fingerprint density at radius 2 is 2.38 bits per heavy atom. The molecule has 0 radical (unpaired) electrons. The summed E-state index contributed by atoms with van der Waals surface area (Å²) in [6.07, 6.45) is 1.47. The fourth-order valence-corrected chi connectivity index (χ4v) is 1.86. The molecule has 1 fully saturated rings. The van der Waals surface area contributed by atoms with Gasteiger partial charge in [-0.2, -0.15) is 5.21 Å². The molecule has 1 aromatic rings. The topological polar surface area (TPSA) is 118 Å². The number of amides is 2. The first-order valence-electron chi connectivity index (χ1n) is 4.99. The highest BCUT2D eigenvalue weighted by atomic mass is 16.2. The van der Waals surface area contributed by atoms with Crippen molar-refractivity contribution in [3.8, 4) is 0 Å². The van der Waals surface area contributed by atoms with Gasteiger partial charge >= 0.3 is 0 Å². The molecule has 1 atom stereocenters. The molecular weight excluding hydrogens is 212 g/mol. The zero-order valence-electron chi connectivity index (χ0n) is 8.59. The van der Waals surface area contributed by atoms with Crippen LogP contribution in [0, 0.1) is 0 Å². The third-order valence-electron chi connectivity index (χ3n) is 2.60. The van der Waals surface area contributed by atoms with Gasteiger partial charge in [0.25, 0.3) is 0 Å². The number of carbonyl (C=O) groups excluding carboxylic acids is 2. The highest BCUT2D eigenvalue weighted by Crippen LogP contribution is 2.17. The fourth-order valence-electron chi connectivity index (χ4n) is 1.86. The second-order valence-electron chi connectivity index (χ2n) is 3.65. The number of nitrogens with two attached hydrogens (primary N) is 1. The Bertz CT molecular complexity index is 389. The number of carbonyl (C=O) groups is 2. The Morgan fingerprint density at radius 1 is 1.56 bits per heavy atom. The summed E-state index contributed by atoms with van der Waals surface area (Å²) in [5.74, 6) is -0.332. The van der Waals surface area contributed by atoms with Crippen molar-refractivity contribution in [3.63, 3.8) is 0 Å². The van der Waals surface area contributed by atoms with Crippen LogP contribution in [0.2, 0.25) is 0 Å². The molecule has 2 rings (SSSR count). The molecule has 1 aliphatic heterocycles. The van der Waals surface area contributed by atoms with Crippen molar-refractivity contribution in [2.45, 2.75) is 25.3 Å². The van der Waals surface area contributed by atoms with Crippen LogP contribution >= 0.6 is 0 Å². The van der Waals surface area contributed by atoms with Gasteiger partial charge in [0.2, 0.25) is 11.8 Å². The lowest BCUT2D eigenvalue weighted by Crippen LogP contribution is -2.44. The molecule has 1 aromatic heterocycles. The number of nitrogens with one attached hydrogen (secondary N) is 1. The number of likely N-dealkylation sites (tertiary alicyclic amines) is 1. The van der Waals surface area contributed by atoms with E-state index in [1.165, 1.54) is 4.90 Å². The molecule has 2 heterocycles. The van der Waals surface area contributed by atoms with Crippen molar-refractivity contribution in [1.82, 2.24) is 25.5 Å². The van der Waals surface area contributed by atoms with E-state index in [9.17, 15) is 9.59 Å². The van der Waals surface area contributed by atoms with E-state index in [2.05, 4.69) is 20.6 Å². The largest absolute Gasteiger partial charge is 0.368 e. The number of aromatic nitrogens is 4. The number of nitrogens with zero attached hydrogens (tertiary/aromatic N) is 4. The van der Waals surface area contributed by atoms with Gasteiger partial charge in [-0.1, -0.05) is 5.21 Å². The summed E-state index contributed by atoms with van der Waals surface area (Å²) < 4.78 is 0. The lowest BCUT2D eigenvalue weighted by atomic mass is 10.2. The summed E-state index contributed by atoms with van der Waals surface area (Å²) in [6.45, 7) is 0.560. The van der Waals surface area contributed by atoms with Crippen LogP contribution in [-0.2, 0) is 16.0 Å². The van der Waals surface area contributed by atoms with Crippen molar-refractivity contribution in [2.24, 2.45) is 5.73 Å². The second-order valence-corrected chi connectivity index (χ2v) is 3.65. The SMILES string of the molecule is NC(=O)C1CCCN1C(=O)Cc1nn[nH]n1. The van der Waals surface area contributed by atoms with Crippen LogP contribution in [-0.4, -0.2) is 49.9 Å². The van der Waals surface area contributed by atoms with E-state index in [1.807, 2.05) is 0 Å². The molecule has 1 saturated heterocycles. The maximum Gasteiger partial charge on any atom is 0.240 e. The lowest BCUT2D eigenvalue weighted by Gasteiger charge is -2.21. The zero-order chi connectivity index (χ0) is 11.5. The molecule has 0 aliphatic carbocycles. The summed E-state index contributed by atoms with van der Waals surface area (Å²) in [5, 5.41) is 13.0. The number of hydrogen-bond donors (Lipinski definition) is 2. The van der Waals surface area contributed by atoms with E-state index in [-0.39, 0.29) is 12.3 Å². The number of rotatable bonds is 3. The second kappa shape index (κ2) is 4.25. The van der Waals surface area contributed by atoms with E-state index >= 15 is 0 Å². The predicted molar refractivity (Wildman–Crippen MR) is 51.8 cm³/mol. The molecule has 8 heteroatoms. The van der Waals surface area contributed by atoms with E-state index in [0.29, 0.717) is 18.8 Å². The first-order valence-corrected chi connectivity index (χ1v) is 4.99. The predicted octanol–water partition coefficient (Wildman–Crippen LogP) is -1.78. The van der Waals surface area contributed by atoms with Crippen molar-refractivity contribution in [1.29, 1.82) is 0 Å². The summed E-state index contributed by atoms with van der Waals surface area (Å²) >= 11 is 0. The number of primary amides is 1. The van der Waals surface area contributed by atoms with Gasteiger partial charge in [0.1, 0.15) is 6.04 Å². The Labute approximate surface area is 91.2 Å². The maximum absolute atomic E-state index is 11.8. The molecule has 86 valence electrons. The Morgan fingerprint density at radius 3 is 3.00 bits per heavy atom. The molecule has 2 amide bonds. The molecule has 3 N–H and O–H groups in total. The summed E-state index contributed by atoms with van der Waals surface area (Å²) in [4.78, 5) is 24.4. The number of tetrazole rings is 1. The van der Waals surface area contributed by atoms with Gasteiger partial charge in [0.05, 0.1) is 6.42 Å². The normalized spacial score (nSPS) is 20.0. The first kappa shape index (κ1) is 10.5. The molecule has 0 spiro atoms. The van der Waals surface area contributed by atoms with Gasteiger partial charge in [-0.3, -0.25) is 9.59 Å². The summed E-state index contributed by atoms with van der Waals surface area (Å²) in [5.41, 5.74) is 5.22. The van der Waals surface area contributed by atoms with Gasteiger partial charge in [0, 0.05) is 6.54 Å². The van der Waals surface area contributed by atoms with Gasteiger partial charge < -0.3 is 10.6 Å². The molecule has 1 unspecified atom stereocenters. The molecule has 16 heavy (non-hydrogen) atoms. The summed E-state index contributed by atoms with van der Waals surface area (Å²) in [7, 11) is 0. The Balaban J connectivity index is 2.01. The Kier molecular flexibility index (Phi) is 2.80. The average Bonchev–Trinajstić information content (AvgIpc) is 2.86. The molecule has 0 saturated carbocycles. The minimum Gasteiger partial charge on any atom is -0.368 e. The third-order valence-corrected chi connectivity index (χ3v) is 2.60. The van der Waals surface area contributed by atoms with Crippen LogP contribution in [0.1, 0.15) is 18.7 Å². The lowest BCUT2D eigenvalue weighted by molar-refractivity contribution is -0.136. The Hall–Kier alpha value is -1.99. The fraction of sp³-hybridized carbons (Fsp3) is 0.625.